The molecule has 1 saturated heterocycles. The summed E-state index contributed by atoms with van der Waals surface area (Å²) in [4.78, 5) is 31.9. The minimum Gasteiger partial charge on any atom is -0.507 e. The quantitative estimate of drug-likeness (QED) is 0.372. The van der Waals surface area contributed by atoms with Crippen LogP contribution in [-0.2, 0) is 16.1 Å². The SMILES string of the molecule is COc1ccc(C)cc1/C(O)=C1\C(=O)C(=O)N(Cc2cccnc2)C1c1cccc(C)c1. The monoisotopic (exact) mass is 428 g/mol. The molecule has 2 heterocycles. The van der Waals surface area contributed by atoms with Gasteiger partial charge in [0.2, 0.25) is 0 Å². The zero-order chi connectivity index (χ0) is 22.8. The standard InChI is InChI=1S/C26H24N2O4/c1-16-6-4-8-19(12-16)23-22(24(29)20-13-17(2)9-10-21(20)32-3)25(30)26(31)28(23)15-18-7-5-11-27-14-18/h4-14,23,29H,15H2,1-3H3/b24-22+. The highest BCUT2D eigenvalue weighted by atomic mass is 16.5. The van der Waals surface area contributed by atoms with Crippen LogP contribution in [0.3, 0.4) is 0 Å². The molecule has 1 amide bonds. The molecule has 6 nitrogen and oxygen atoms in total. The second-order valence-corrected chi connectivity index (χ2v) is 7.91. The third kappa shape index (κ3) is 3.87. The minimum atomic E-state index is -0.736. The fraction of sp³-hybridized carbons (Fsp3) is 0.192. The number of aryl methyl sites for hydroxylation is 2. The van der Waals surface area contributed by atoms with Gasteiger partial charge in [-0.1, -0.05) is 47.5 Å². The number of hydrogen-bond donors (Lipinski definition) is 1. The Morgan fingerprint density at radius 1 is 1.06 bits per heavy atom. The topological polar surface area (TPSA) is 79.7 Å². The van der Waals surface area contributed by atoms with E-state index in [4.69, 9.17) is 4.74 Å². The Balaban J connectivity index is 1.92. The predicted molar refractivity (Wildman–Crippen MR) is 121 cm³/mol. The molecule has 1 unspecified atom stereocenters. The fourth-order valence-corrected chi connectivity index (χ4v) is 4.07. The first kappa shape index (κ1) is 21.3. The van der Waals surface area contributed by atoms with E-state index in [1.165, 1.54) is 12.0 Å². The van der Waals surface area contributed by atoms with Gasteiger partial charge in [0.15, 0.2) is 0 Å². The summed E-state index contributed by atoms with van der Waals surface area (Å²) in [5.41, 5.74) is 3.85. The average Bonchev–Trinajstić information content (AvgIpc) is 3.04. The summed E-state index contributed by atoms with van der Waals surface area (Å²) < 4.78 is 5.41. The lowest BCUT2D eigenvalue weighted by molar-refractivity contribution is -0.140. The lowest BCUT2D eigenvalue weighted by Gasteiger charge is -2.25. The molecule has 162 valence electrons. The molecule has 1 aromatic heterocycles. The largest absolute Gasteiger partial charge is 0.507 e. The van der Waals surface area contributed by atoms with Gasteiger partial charge >= 0.3 is 0 Å². The molecule has 0 saturated carbocycles. The van der Waals surface area contributed by atoms with Crippen LogP contribution in [0.4, 0.5) is 0 Å². The van der Waals surface area contributed by atoms with Gasteiger partial charge in [-0.25, -0.2) is 0 Å². The summed E-state index contributed by atoms with van der Waals surface area (Å²) in [6, 6.07) is 15.8. The Hall–Kier alpha value is -3.93. The highest BCUT2D eigenvalue weighted by molar-refractivity contribution is 6.46. The zero-order valence-electron chi connectivity index (χ0n) is 18.2. The van der Waals surface area contributed by atoms with E-state index in [1.807, 2.05) is 50.2 Å². The Morgan fingerprint density at radius 2 is 1.84 bits per heavy atom. The van der Waals surface area contributed by atoms with Crippen LogP contribution in [0.2, 0.25) is 0 Å². The predicted octanol–water partition coefficient (Wildman–Crippen LogP) is 4.33. The number of aromatic nitrogens is 1. The average molecular weight is 428 g/mol. The first-order valence-corrected chi connectivity index (χ1v) is 10.3. The van der Waals surface area contributed by atoms with Crippen LogP contribution < -0.4 is 4.74 Å². The van der Waals surface area contributed by atoms with Gasteiger partial charge in [0.05, 0.1) is 24.3 Å². The van der Waals surface area contributed by atoms with Crippen molar-refractivity contribution in [1.82, 2.24) is 9.88 Å². The fourth-order valence-electron chi connectivity index (χ4n) is 4.07. The molecule has 1 fully saturated rings. The van der Waals surface area contributed by atoms with Gasteiger partial charge in [0.1, 0.15) is 11.5 Å². The minimum absolute atomic E-state index is 0.0494. The van der Waals surface area contributed by atoms with Crippen LogP contribution in [0.25, 0.3) is 5.76 Å². The number of ether oxygens (including phenoxy) is 1. The highest BCUT2D eigenvalue weighted by Gasteiger charge is 2.46. The van der Waals surface area contributed by atoms with Crippen molar-refractivity contribution in [1.29, 1.82) is 0 Å². The number of benzene rings is 2. The van der Waals surface area contributed by atoms with E-state index < -0.39 is 17.7 Å². The molecule has 32 heavy (non-hydrogen) atoms. The van der Waals surface area contributed by atoms with E-state index >= 15 is 0 Å². The molecular weight excluding hydrogens is 404 g/mol. The number of carbonyl (C=O) groups excluding carboxylic acids is 2. The molecule has 1 aliphatic heterocycles. The van der Waals surface area contributed by atoms with E-state index in [9.17, 15) is 14.7 Å². The summed E-state index contributed by atoms with van der Waals surface area (Å²) in [6.07, 6.45) is 3.32. The molecule has 1 aliphatic rings. The molecule has 3 aromatic rings. The maximum Gasteiger partial charge on any atom is 0.295 e. The summed E-state index contributed by atoms with van der Waals surface area (Å²) in [7, 11) is 1.50. The van der Waals surface area contributed by atoms with E-state index in [2.05, 4.69) is 4.98 Å². The summed E-state index contributed by atoms with van der Waals surface area (Å²) in [5.74, 6) is -1.20. The maximum absolute atomic E-state index is 13.2. The van der Waals surface area contributed by atoms with Crippen LogP contribution in [0.15, 0.2) is 72.6 Å². The van der Waals surface area contributed by atoms with Crippen molar-refractivity contribution in [2.24, 2.45) is 0 Å². The zero-order valence-corrected chi connectivity index (χ0v) is 18.2. The van der Waals surface area contributed by atoms with Gasteiger partial charge < -0.3 is 14.7 Å². The van der Waals surface area contributed by atoms with Crippen LogP contribution >= 0.6 is 0 Å². The summed E-state index contributed by atoms with van der Waals surface area (Å²) in [5, 5.41) is 11.3. The van der Waals surface area contributed by atoms with Crippen LogP contribution in [-0.4, -0.2) is 33.8 Å². The van der Waals surface area contributed by atoms with Crippen molar-refractivity contribution >= 4 is 17.4 Å². The van der Waals surface area contributed by atoms with Crippen molar-refractivity contribution in [3.05, 3.63) is 100 Å². The van der Waals surface area contributed by atoms with Crippen LogP contribution in [0.5, 0.6) is 5.75 Å². The van der Waals surface area contributed by atoms with Crippen LogP contribution in [0.1, 0.15) is 33.9 Å². The Labute approximate surface area is 186 Å². The lowest BCUT2D eigenvalue weighted by atomic mass is 9.93. The maximum atomic E-state index is 13.2. The smallest absolute Gasteiger partial charge is 0.295 e. The number of ketones is 1. The number of amides is 1. The normalized spacial score (nSPS) is 17.6. The van der Waals surface area contributed by atoms with Gasteiger partial charge in [-0.15, -0.1) is 0 Å². The second-order valence-electron chi connectivity index (χ2n) is 7.91. The first-order chi connectivity index (χ1) is 15.4. The molecular formula is C26H24N2O4. The van der Waals surface area contributed by atoms with Crippen molar-refractivity contribution in [2.75, 3.05) is 7.11 Å². The highest BCUT2D eigenvalue weighted by Crippen LogP contribution is 2.41. The summed E-state index contributed by atoms with van der Waals surface area (Å²) >= 11 is 0. The number of aliphatic hydroxyl groups excluding tert-OH is 1. The van der Waals surface area contributed by atoms with E-state index in [0.717, 1.165) is 22.3 Å². The Morgan fingerprint density at radius 3 is 2.53 bits per heavy atom. The molecule has 6 heteroatoms. The van der Waals surface area contributed by atoms with Gasteiger partial charge in [-0.2, -0.15) is 0 Å². The molecule has 2 aromatic carbocycles. The molecule has 0 aliphatic carbocycles. The number of Topliss-reactive ketones (excluding diaryl/α,β-unsaturated/α-hetero) is 1. The third-order valence-corrected chi connectivity index (χ3v) is 5.58. The number of rotatable bonds is 5. The number of nitrogens with zero attached hydrogens (tertiary/aromatic N) is 2. The van der Waals surface area contributed by atoms with Gasteiger partial charge in [0, 0.05) is 18.9 Å². The number of likely N-dealkylation sites (tertiary alicyclic amines) is 1. The Kier molecular flexibility index (Phi) is 5.77. The van der Waals surface area contributed by atoms with Gasteiger partial charge in [-0.05, 0) is 43.2 Å². The van der Waals surface area contributed by atoms with Gasteiger partial charge in [0.25, 0.3) is 11.7 Å². The van der Waals surface area contributed by atoms with Crippen molar-refractivity contribution in [3.63, 3.8) is 0 Å². The van der Waals surface area contributed by atoms with E-state index in [0.29, 0.717) is 11.3 Å². The lowest BCUT2D eigenvalue weighted by Crippen LogP contribution is -2.29. The number of aliphatic hydroxyl groups is 1. The molecule has 1 N–H and O–H groups in total. The molecule has 4 rings (SSSR count). The number of carbonyl (C=O) groups is 2. The van der Waals surface area contributed by atoms with Crippen LogP contribution in [0, 0.1) is 13.8 Å². The number of pyridine rings is 1. The molecule has 0 spiro atoms. The first-order valence-electron chi connectivity index (χ1n) is 10.3. The van der Waals surface area contributed by atoms with E-state index in [1.54, 1.807) is 30.6 Å². The molecule has 1 atom stereocenters. The number of hydrogen-bond acceptors (Lipinski definition) is 5. The number of methoxy groups -OCH3 is 1. The van der Waals surface area contributed by atoms with Crippen molar-refractivity contribution < 1.29 is 19.4 Å². The van der Waals surface area contributed by atoms with Gasteiger partial charge in [-0.3, -0.25) is 14.6 Å². The second kappa shape index (κ2) is 8.67. The molecule has 0 radical (unpaired) electrons. The third-order valence-electron chi connectivity index (χ3n) is 5.58. The summed E-state index contributed by atoms with van der Waals surface area (Å²) in [6.45, 7) is 4.02. The van der Waals surface area contributed by atoms with Crippen molar-refractivity contribution in [3.8, 4) is 5.75 Å². The van der Waals surface area contributed by atoms with E-state index in [-0.39, 0.29) is 17.9 Å². The van der Waals surface area contributed by atoms with Crippen molar-refractivity contribution in [2.45, 2.75) is 26.4 Å². The molecule has 0 bridgehead atoms. The Bertz CT molecular complexity index is 1220.